The standard InChI is InChI=1S/C18H23N3OS2/c1-13-20-21-18(23-13)24-16(14-9-5-4-6-10-14)17(22)19-15-11-7-2-3-8-12-15/h4-6,9-10,15-16H,2-3,7-8,11-12H2,1H3,(H,19,22)/t16-/m1/s1. The molecule has 0 radical (unpaired) electrons. The molecule has 128 valence electrons. The Labute approximate surface area is 151 Å². The highest BCUT2D eigenvalue weighted by Gasteiger charge is 2.26. The van der Waals surface area contributed by atoms with Gasteiger partial charge in [-0.05, 0) is 25.3 Å². The molecule has 4 nitrogen and oxygen atoms in total. The highest BCUT2D eigenvalue weighted by atomic mass is 32.2. The third-order valence-electron chi connectivity index (χ3n) is 4.27. The lowest BCUT2D eigenvalue weighted by atomic mass is 10.1. The minimum Gasteiger partial charge on any atom is -0.352 e. The molecule has 0 unspecified atom stereocenters. The van der Waals surface area contributed by atoms with Gasteiger partial charge in [-0.15, -0.1) is 10.2 Å². The molecule has 24 heavy (non-hydrogen) atoms. The number of carbonyl (C=O) groups excluding carboxylic acids is 1. The predicted molar refractivity (Wildman–Crippen MR) is 99.3 cm³/mol. The molecule has 6 heteroatoms. The van der Waals surface area contributed by atoms with Crippen molar-refractivity contribution in [1.29, 1.82) is 0 Å². The van der Waals surface area contributed by atoms with Crippen LogP contribution in [0, 0.1) is 6.92 Å². The molecule has 3 rings (SSSR count). The second-order valence-corrected chi connectivity index (χ2v) is 8.73. The molecule has 1 heterocycles. The summed E-state index contributed by atoms with van der Waals surface area (Å²) in [5, 5.41) is 12.2. The first-order valence-corrected chi connectivity index (χ1v) is 10.2. The van der Waals surface area contributed by atoms with E-state index in [1.54, 1.807) is 0 Å². The van der Waals surface area contributed by atoms with E-state index >= 15 is 0 Å². The van der Waals surface area contributed by atoms with Gasteiger partial charge in [-0.2, -0.15) is 0 Å². The molecule has 0 aliphatic heterocycles. The van der Waals surface area contributed by atoms with Crippen molar-refractivity contribution in [3.8, 4) is 0 Å². The van der Waals surface area contributed by atoms with Gasteiger partial charge in [-0.1, -0.05) is 79.1 Å². The minimum atomic E-state index is -0.276. The highest BCUT2D eigenvalue weighted by Crippen LogP contribution is 2.37. The maximum atomic E-state index is 13.0. The van der Waals surface area contributed by atoms with Crippen LogP contribution >= 0.6 is 23.1 Å². The van der Waals surface area contributed by atoms with Crippen molar-refractivity contribution in [3.05, 3.63) is 40.9 Å². The Morgan fingerprint density at radius 2 is 1.88 bits per heavy atom. The van der Waals surface area contributed by atoms with Crippen molar-refractivity contribution >= 4 is 29.0 Å². The summed E-state index contributed by atoms with van der Waals surface area (Å²) in [4.78, 5) is 13.0. The van der Waals surface area contributed by atoms with E-state index in [0.29, 0.717) is 6.04 Å². The van der Waals surface area contributed by atoms with Crippen molar-refractivity contribution in [1.82, 2.24) is 15.5 Å². The molecule has 1 aromatic heterocycles. The van der Waals surface area contributed by atoms with E-state index < -0.39 is 0 Å². The van der Waals surface area contributed by atoms with Crippen LogP contribution < -0.4 is 5.32 Å². The van der Waals surface area contributed by atoms with E-state index in [4.69, 9.17) is 0 Å². The Hall–Kier alpha value is -1.40. The third kappa shape index (κ3) is 4.80. The van der Waals surface area contributed by atoms with Crippen LogP contribution in [-0.4, -0.2) is 22.1 Å². The molecule has 1 saturated carbocycles. The molecule has 1 amide bonds. The number of nitrogens with zero attached hydrogens (tertiary/aromatic N) is 2. The molecule has 1 aromatic carbocycles. The van der Waals surface area contributed by atoms with E-state index in [0.717, 1.165) is 27.8 Å². The second kappa shape index (κ2) is 8.62. The van der Waals surface area contributed by atoms with Gasteiger partial charge in [0.05, 0.1) is 0 Å². The largest absolute Gasteiger partial charge is 0.352 e. The maximum absolute atomic E-state index is 13.0. The Morgan fingerprint density at radius 1 is 1.17 bits per heavy atom. The monoisotopic (exact) mass is 361 g/mol. The third-order valence-corrected chi connectivity index (χ3v) is 6.45. The number of aromatic nitrogens is 2. The van der Waals surface area contributed by atoms with Crippen molar-refractivity contribution < 1.29 is 4.79 Å². The molecule has 0 bridgehead atoms. The fourth-order valence-corrected chi connectivity index (χ4v) is 5.05. The van der Waals surface area contributed by atoms with Crippen molar-refractivity contribution in [3.63, 3.8) is 0 Å². The van der Waals surface area contributed by atoms with Crippen LogP contribution in [0.25, 0.3) is 0 Å². The summed E-state index contributed by atoms with van der Waals surface area (Å²) < 4.78 is 0.845. The lowest BCUT2D eigenvalue weighted by molar-refractivity contribution is -0.121. The molecule has 1 aliphatic rings. The smallest absolute Gasteiger partial charge is 0.238 e. The van der Waals surface area contributed by atoms with Gasteiger partial charge in [0.15, 0.2) is 4.34 Å². The molecule has 1 N–H and O–H groups in total. The van der Waals surface area contributed by atoms with Crippen LogP contribution in [0.5, 0.6) is 0 Å². The first-order valence-electron chi connectivity index (χ1n) is 8.54. The summed E-state index contributed by atoms with van der Waals surface area (Å²) in [5.74, 6) is 0.0888. The summed E-state index contributed by atoms with van der Waals surface area (Å²) >= 11 is 3.04. The van der Waals surface area contributed by atoms with Gasteiger partial charge in [0, 0.05) is 6.04 Å². The number of hydrogen-bond acceptors (Lipinski definition) is 5. The molecular weight excluding hydrogens is 338 g/mol. The van der Waals surface area contributed by atoms with E-state index in [2.05, 4.69) is 15.5 Å². The normalized spacial score (nSPS) is 17.2. The Bertz CT molecular complexity index is 651. The fraction of sp³-hybridized carbons (Fsp3) is 0.500. The van der Waals surface area contributed by atoms with Crippen LogP contribution in [0.3, 0.4) is 0 Å². The van der Waals surface area contributed by atoms with E-state index in [-0.39, 0.29) is 11.2 Å². The molecule has 1 aliphatic carbocycles. The van der Waals surface area contributed by atoms with Gasteiger partial charge >= 0.3 is 0 Å². The van der Waals surface area contributed by atoms with Crippen LogP contribution in [0.4, 0.5) is 0 Å². The minimum absolute atomic E-state index is 0.0888. The summed E-state index contributed by atoms with van der Waals surface area (Å²) in [6, 6.07) is 10.3. The zero-order valence-corrected chi connectivity index (χ0v) is 15.5. The van der Waals surface area contributed by atoms with Crippen molar-refractivity contribution in [2.75, 3.05) is 0 Å². The van der Waals surface area contributed by atoms with E-state index in [9.17, 15) is 4.79 Å². The molecule has 1 fully saturated rings. The molecular formula is C18H23N3OS2. The average Bonchev–Trinajstić information content (AvgIpc) is 2.84. The Kier molecular flexibility index (Phi) is 6.26. The summed E-state index contributed by atoms with van der Waals surface area (Å²) in [5.41, 5.74) is 1.02. The summed E-state index contributed by atoms with van der Waals surface area (Å²) in [7, 11) is 0. The summed E-state index contributed by atoms with van der Waals surface area (Å²) in [6.45, 7) is 1.94. The lowest BCUT2D eigenvalue weighted by Gasteiger charge is -2.21. The van der Waals surface area contributed by atoms with Gasteiger partial charge in [-0.25, -0.2) is 0 Å². The van der Waals surface area contributed by atoms with Gasteiger partial charge in [0.2, 0.25) is 5.91 Å². The fourth-order valence-electron chi connectivity index (χ4n) is 3.03. The van der Waals surface area contributed by atoms with Gasteiger partial charge in [-0.3, -0.25) is 4.79 Å². The highest BCUT2D eigenvalue weighted by molar-refractivity contribution is 8.01. The van der Waals surface area contributed by atoms with Crippen LogP contribution in [0.2, 0.25) is 0 Å². The van der Waals surface area contributed by atoms with Crippen LogP contribution in [0.1, 0.15) is 54.3 Å². The Morgan fingerprint density at radius 3 is 2.50 bits per heavy atom. The number of thioether (sulfide) groups is 1. The SMILES string of the molecule is Cc1nnc(S[C@@H](C(=O)NC2CCCCCC2)c2ccccc2)s1. The summed E-state index contributed by atoms with van der Waals surface area (Å²) in [6.07, 6.45) is 7.18. The van der Waals surface area contributed by atoms with E-state index in [1.807, 2.05) is 37.3 Å². The number of hydrogen-bond donors (Lipinski definition) is 1. The average molecular weight is 362 g/mol. The van der Waals surface area contributed by atoms with Crippen LogP contribution in [0.15, 0.2) is 34.7 Å². The predicted octanol–water partition coefficient (Wildman–Crippen LogP) is 4.52. The molecule has 0 spiro atoms. The second-order valence-electron chi connectivity index (χ2n) is 6.19. The topological polar surface area (TPSA) is 54.9 Å². The molecule has 0 saturated heterocycles. The van der Waals surface area contributed by atoms with E-state index in [1.165, 1.54) is 48.8 Å². The van der Waals surface area contributed by atoms with Gasteiger partial charge in [0.1, 0.15) is 10.3 Å². The van der Waals surface area contributed by atoms with Gasteiger partial charge in [0.25, 0.3) is 0 Å². The van der Waals surface area contributed by atoms with Crippen molar-refractivity contribution in [2.24, 2.45) is 0 Å². The molecule has 1 atom stereocenters. The maximum Gasteiger partial charge on any atom is 0.238 e. The number of nitrogens with one attached hydrogen (secondary N) is 1. The van der Waals surface area contributed by atoms with Gasteiger partial charge < -0.3 is 5.32 Å². The lowest BCUT2D eigenvalue weighted by Crippen LogP contribution is -2.37. The zero-order chi connectivity index (χ0) is 16.8. The Balaban J connectivity index is 1.74. The number of benzene rings is 1. The van der Waals surface area contributed by atoms with Crippen molar-refractivity contribution in [2.45, 2.75) is 61.1 Å². The number of aryl methyl sites for hydroxylation is 1. The first kappa shape index (κ1) is 17.4. The number of amides is 1. The molecule has 2 aromatic rings. The zero-order valence-electron chi connectivity index (χ0n) is 13.9. The number of rotatable bonds is 5. The first-order chi connectivity index (χ1) is 11.7. The number of carbonyl (C=O) groups is 1. The quantitative estimate of drug-likeness (QED) is 0.628. The van der Waals surface area contributed by atoms with Crippen LogP contribution in [-0.2, 0) is 4.79 Å².